The molecule has 0 spiro atoms. The fraction of sp³-hybridized carbons (Fsp3) is 0.0870. The Hall–Kier alpha value is -2.78. The van der Waals surface area contributed by atoms with Gasteiger partial charge in [-0.15, -0.1) is 0 Å². The number of fused-ring (bicyclic) bond motifs is 1. The molecule has 0 aliphatic carbocycles. The molecule has 0 fully saturated rings. The number of rotatable bonds is 6. The summed E-state index contributed by atoms with van der Waals surface area (Å²) in [7, 11) is 0. The number of H-pyrrole nitrogens is 1. The van der Waals surface area contributed by atoms with E-state index in [1.165, 1.54) is 12.1 Å². The molecule has 4 nitrogen and oxygen atoms in total. The molecule has 0 saturated carbocycles. The Morgan fingerprint density at radius 3 is 2.31 bits per heavy atom. The van der Waals surface area contributed by atoms with E-state index in [4.69, 9.17) is 9.84 Å². The lowest BCUT2D eigenvalue weighted by atomic mass is 10.0. The third kappa shape index (κ3) is 4.40. The first-order valence-corrected chi connectivity index (χ1v) is 10.9. The summed E-state index contributed by atoms with van der Waals surface area (Å²) in [5.41, 5.74) is 2.12. The molecule has 3 aromatic carbocycles. The van der Waals surface area contributed by atoms with Crippen molar-refractivity contribution < 1.29 is 27.8 Å². The van der Waals surface area contributed by atoms with Gasteiger partial charge in [-0.2, -0.15) is 8.78 Å². The number of halogens is 5. The van der Waals surface area contributed by atoms with Crippen LogP contribution in [0.1, 0.15) is 16.7 Å². The lowest BCUT2D eigenvalue weighted by molar-refractivity contribution is -0.166. The summed E-state index contributed by atoms with van der Waals surface area (Å²) in [6, 6.07) is 13.6. The minimum atomic E-state index is -4.04. The van der Waals surface area contributed by atoms with E-state index in [-0.39, 0.29) is 20.5 Å². The molecule has 0 bridgehead atoms. The van der Waals surface area contributed by atoms with Crippen LogP contribution in [-0.2, 0) is 17.1 Å². The minimum Gasteiger partial charge on any atom is -0.477 e. The molecule has 4 rings (SSSR count). The van der Waals surface area contributed by atoms with E-state index in [0.717, 1.165) is 34.2 Å². The van der Waals surface area contributed by atoms with E-state index in [1.54, 1.807) is 18.2 Å². The van der Waals surface area contributed by atoms with Gasteiger partial charge in [-0.25, -0.2) is 9.18 Å². The van der Waals surface area contributed by atoms with Crippen molar-refractivity contribution in [1.82, 2.24) is 4.98 Å². The van der Waals surface area contributed by atoms with Crippen LogP contribution < -0.4 is 4.74 Å². The molecule has 0 amide bonds. The quantitative estimate of drug-likeness (QED) is 0.255. The van der Waals surface area contributed by atoms with Crippen molar-refractivity contribution in [2.45, 2.75) is 12.3 Å². The summed E-state index contributed by atoms with van der Waals surface area (Å²) in [6.45, 7) is 0. The van der Waals surface area contributed by atoms with Crippen LogP contribution in [0.2, 0.25) is 0 Å². The van der Waals surface area contributed by atoms with Crippen LogP contribution in [0.4, 0.5) is 13.2 Å². The van der Waals surface area contributed by atoms with Crippen LogP contribution in [0.5, 0.6) is 11.5 Å². The van der Waals surface area contributed by atoms with Gasteiger partial charge in [-0.3, -0.25) is 0 Å². The SMILES string of the molecule is O=C(O)C(F)(F)c1cc(Br)c(Oc2ccc3[nH]cc(Cc4ccc(F)cc4)c3c2)c(Br)c1. The fourth-order valence-corrected chi connectivity index (χ4v) is 4.62. The van der Waals surface area contributed by atoms with Crippen LogP contribution in [0.3, 0.4) is 0 Å². The highest BCUT2D eigenvalue weighted by molar-refractivity contribution is 9.11. The number of aromatic nitrogens is 1. The molecular formula is C23H14Br2F3NO3. The number of aliphatic carboxylic acids is 1. The molecule has 0 saturated heterocycles. The van der Waals surface area contributed by atoms with Crippen LogP contribution in [0, 0.1) is 5.82 Å². The third-order valence-corrected chi connectivity index (χ3v) is 6.07. The van der Waals surface area contributed by atoms with Gasteiger partial charge in [0.1, 0.15) is 11.6 Å². The van der Waals surface area contributed by atoms with Crippen LogP contribution in [0.25, 0.3) is 10.9 Å². The Labute approximate surface area is 197 Å². The fourth-order valence-electron chi connectivity index (χ4n) is 3.27. The summed E-state index contributed by atoms with van der Waals surface area (Å²) in [4.78, 5) is 14.0. The Kier molecular flexibility index (Phi) is 6.05. The zero-order valence-corrected chi connectivity index (χ0v) is 19.3. The number of hydrogen-bond donors (Lipinski definition) is 2. The molecule has 32 heavy (non-hydrogen) atoms. The predicted octanol–water partition coefficient (Wildman–Crippen LogP) is 7.39. The third-order valence-electron chi connectivity index (χ3n) is 4.90. The van der Waals surface area contributed by atoms with Gasteiger partial charge >= 0.3 is 11.9 Å². The highest BCUT2D eigenvalue weighted by Gasteiger charge is 2.41. The number of nitrogens with one attached hydrogen (secondary N) is 1. The zero-order chi connectivity index (χ0) is 23.0. The summed E-state index contributed by atoms with van der Waals surface area (Å²) in [5, 5.41) is 9.67. The molecular weight excluding hydrogens is 555 g/mol. The lowest BCUT2D eigenvalue weighted by Crippen LogP contribution is -2.25. The summed E-state index contributed by atoms with van der Waals surface area (Å²) >= 11 is 6.37. The highest BCUT2D eigenvalue weighted by atomic mass is 79.9. The van der Waals surface area contributed by atoms with E-state index in [9.17, 15) is 18.0 Å². The largest absolute Gasteiger partial charge is 0.477 e. The first kappa shape index (κ1) is 22.4. The van der Waals surface area contributed by atoms with E-state index in [1.807, 2.05) is 18.3 Å². The second kappa shape index (κ2) is 8.63. The average Bonchev–Trinajstić information content (AvgIpc) is 3.14. The molecule has 0 aliphatic heterocycles. The van der Waals surface area contributed by atoms with Gasteiger partial charge in [0.15, 0.2) is 5.75 Å². The first-order chi connectivity index (χ1) is 15.1. The van der Waals surface area contributed by atoms with E-state index >= 15 is 0 Å². The maximum absolute atomic E-state index is 13.9. The molecule has 9 heteroatoms. The Bertz CT molecular complexity index is 1300. The van der Waals surface area contributed by atoms with Gasteiger partial charge in [0.2, 0.25) is 0 Å². The van der Waals surface area contributed by atoms with Crippen LogP contribution in [0.15, 0.2) is 69.7 Å². The molecule has 0 radical (unpaired) electrons. The van der Waals surface area contributed by atoms with Gasteiger partial charge in [0.25, 0.3) is 0 Å². The van der Waals surface area contributed by atoms with Crippen LogP contribution in [-0.4, -0.2) is 16.1 Å². The van der Waals surface area contributed by atoms with Gasteiger partial charge in [0, 0.05) is 22.7 Å². The van der Waals surface area contributed by atoms with Gasteiger partial charge in [-0.1, -0.05) is 12.1 Å². The number of aromatic amines is 1. The Morgan fingerprint density at radius 2 is 1.69 bits per heavy atom. The zero-order valence-electron chi connectivity index (χ0n) is 16.1. The van der Waals surface area contributed by atoms with Crippen molar-refractivity contribution in [3.63, 3.8) is 0 Å². The summed E-state index contributed by atoms with van der Waals surface area (Å²) < 4.78 is 47.2. The van der Waals surface area contributed by atoms with E-state index in [0.29, 0.717) is 12.2 Å². The number of carbonyl (C=O) groups is 1. The number of carboxylic acid groups (broad SMARTS) is 1. The predicted molar refractivity (Wildman–Crippen MR) is 121 cm³/mol. The normalized spacial score (nSPS) is 11.7. The second-order valence-corrected chi connectivity index (χ2v) is 8.78. The van der Waals surface area contributed by atoms with Crippen molar-refractivity contribution in [3.8, 4) is 11.5 Å². The number of alkyl halides is 2. The molecule has 2 N–H and O–H groups in total. The maximum Gasteiger partial charge on any atom is 0.379 e. The minimum absolute atomic E-state index is 0.170. The molecule has 1 aromatic heterocycles. The topological polar surface area (TPSA) is 62.3 Å². The summed E-state index contributed by atoms with van der Waals surface area (Å²) in [5.74, 6) is -5.90. The first-order valence-electron chi connectivity index (χ1n) is 9.28. The van der Waals surface area contributed by atoms with Crippen molar-refractivity contribution in [3.05, 3.63) is 92.2 Å². The number of hydrogen-bond acceptors (Lipinski definition) is 2. The number of benzene rings is 3. The lowest BCUT2D eigenvalue weighted by Gasteiger charge is -2.16. The highest BCUT2D eigenvalue weighted by Crippen LogP contribution is 2.42. The molecule has 0 unspecified atom stereocenters. The smallest absolute Gasteiger partial charge is 0.379 e. The number of ether oxygens (including phenoxy) is 1. The average molecular weight is 569 g/mol. The summed E-state index contributed by atoms with van der Waals surface area (Å²) in [6.07, 6.45) is 2.45. The molecule has 0 atom stereocenters. The molecule has 164 valence electrons. The monoisotopic (exact) mass is 567 g/mol. The van der Waals surface area contributed by atoms with Crippen LogP contribution >= 0.6 is 31.9 Å². The standard InChI is InChI=1S/C23H14Br2F3NO3/c24-18-8-14(23(27,28)22(30)31)9-19(25)21(18)32-16-5-6-20-17(10-16)13(11-29-20)7-12-1-3-15(26)4-2-12/h1-6,8-11,29H,7H2,(H,30,31). The molecule has 4 aromatic rings. The maximum atomic E-state index is 13.9. The Morgan fingerprint density at radius 1 is 1.03 bits per heavy atom. The van der Waals surface area contributed by atoms with Gasteiger partial charge in [0.05, 0.1) is 8.95 Å². The van der Waals surface area contributed by atoms with E-state index in [2.05, 4.69) is 36.8 Å². The molecule has 1 heterocycles. The van der Waals surface area contributed by atoms with Gasteiger partial charge in [-0.05, 0) is 91.9 Å². The van der Waals surface area contributed by atoms with Crippen molar-refractivity contribution in [2.75, 3.05) is 0 Å². The molecule has 0 aliphatic rings. The number of carboxylic acids is 1. The van der Waals surface area contributed by atoms with Crippen molar-refractivity contribution in [2.24, 2.45) is 0 Å². The Balaban J connectivity index is 1.65. The van der Waals surface area contributed by atoms with Crippen molar-refractivity contribution in [1.29, 1.82) is 0 Å². The second-order valence-electron chi connectivity index (χ2n) is 7.08. The van der Waals surface area contributed by atoms with E-state index < -0.39 is 17.5 Å². The van der Waals surface area contributed by atoms with Gasteiger partial charge < -0.3 is 14.8 Å². The van der Waals surface area contributed by atoms with Crippen molar-refractivity contribution >= 4 is 48.7 Å².